The number of aromatic nitrogens is 3. The lowest BCUT2D eigenvalue weighted by molar-refractivity contribution is -0.140. The van der Waals surface area contributed by atoms with Crippen molar-refractivity contribution in [3.05, 3.63) is 34.2 Å². The lowest BCUT2D eigenvalue weighted by atomic mass is 10.1. The summed E-state index contributed by atoms with van der Waals surface area (Å²) in [6.45, 7) is 0. The summed E-state index contributed by atoms with van der Waals surface area (Å²) in [5.41, 5.74) is 12.3. The van der Waals surface area contributed by atoms with Gasteiger partial charge >= 0.3 is 18.0 Å². The van der Waals surface area contributed by atoms with E-state index in [-0.39, 0.29) is 41.6 Å². The van der Waals surface area contributed by atoms with Gasteiger partial charge in [-0.15, -0.1) is 0 Å². The zero-order chi connectivity index (χ0) is 25.7. The maximum atomic E-state index is 12.5. The summed E-state index contributed by atoms with van der Waals surface area (Å²) >= 11 is 0. The number of nitrogens with one attached hydrogen (secondary N) is 3. The van der Waals surface area contributed by atoms with Gasteiger partial charge in [-0.3, -0.25) is 14.4 Å². The van der Waals surface area contributed by atoms with Crippen molar-refractivity contribution in [2.75, 3.05) is 22.2 Å². The molecule has 3 rings (SSSR count). The number of carboxylic acids is 2. The van der Waals surface area contributed by atoms with E-state index in [1.54, 1.807) is 0 Å². The van der Waals surface area contributed by atoms with Gasteiger partial charge in [0, 0.05) is 12.5 Å². The minimum absolute atomic E-state index is 0.0432. The summed E-state index contributed by atoms with van der Waals surface area (Å²) in [5.74, 6) is -4.11. The highest BCUT2D eigenvalue weighted by molar-refractivity contribution is 5.98. The maximum Gasteiger partial charge on any atom is 0.338 e. The van der Waals surface area contributed by atoms with Crippen molar-refractivity contribution in [1.29, 1.82) is 0 Å². The van der Waals surface area contributed by atoms with Crippen LogP contribution in [0.2, 0.25) is 0 Å². The Morgan fingerprint density at radius 1 is 1.17 bits per heavy atom. The zero-order valence-corrected chi connectivity index (χ0v) is 18.1. The van der Waals surface area contributed by atoms with Gasteiger partial charge in [-0.2, -0.15) is 9.66 Å². The van der Waals surface area contributed by atoms with Crippen LogP contribution >= 0.6 is 0 Å². The van der Waals surface area contributed by atoms with Gasteiger partial charge in [-0.05, 0) is 31.4 Å². The van der Waals surface area contributed by atoms with E-state index >= 15 is 0 Å². The van der Waals surface area contributed by atoms with E-state index in [4.69, 9.17) is 21.3 Å². The SMILES string of the molecule is Nc1cc(=O)n(NC(=O)Nc2ccc(C(=O)N[C@@H](CCC(=O)O)C(=O)O)nc2OC2CC2)c(N)n1. The summed E-state index contributed by atoms with van der Waals surface area (Å²) < 4.78 is 6.30. The number of nitrogen functional groups attached to an aromatic ring is 2. The highest BCUT2D eigenvalue weighted by atomic mass is 16.5. The Morgan fingerprint density at radius 2 is 1.89 bits per heavy atom. The molecule has 0 radical (unpaired) electrons. The third-order valence-corrected chi connectivity index (χ3v) is 4.57. The number of carbonyl (C=O) groups excluding carboxylic acids is 2. The van der Waals surface area contributed by atoms with Gasteiger partial charge < -0.3 is 37.1 Å². The molecular formula is C19H22N8O8. The van der Waals surface area contributed by atoms with Crippen molar-refractivity contribution in [3.8, 4) is 5.88 Å². The van der Waals surface area contributed by atoms with E-state index in [0.717, 1.165) is 18.9 Å². The lowest BCUT2D eigenvalue weighted by Crippen LogP contribution is -2.41. The van der Waals surface area contributed by atoms with E-state index in [0.29, 0.717) is 4.68 Å². The molecule has 1 aliphatic carbocycles. The highest BCUT2D eigenvalue weighted by Crippen LogP contribution is 2.30. The first kappa shape index (κ1) is 24.7. The quantitative estimate of drug-likeness (QED) is 0.215. The molecule has 1 atom stereocenters. The van der Waals surface area contributed by atoms with Crippen LogP contribution in [0.4, 0.5) is 22.2 Å². The monoisotopic (exact) mass is 490 g/mol. The van der Waals surface area contributed by atoms with Crippen LogP contribution in [0.15, 0.2) is 23.0 Å². The molecule has 16 nitrogen and oxygen atoms in total. The minimum atomic E-state index is -1.45. The van der Waals surface area contributed by atoms with E-state index < -0.39 is 41.9 Å². The number of hydrogen-bond donors (Lipinski definition) is 7. The number of carboxylic acid groups (broad SMARTS) is 2. The molecule has 0 unspecified atom stereocenters. The Kier molecular flexibility index (Phi) is 7.33. The van der Waals surface area contributed by atoms with Crippen LogP contribution in [0.3, 0.4) is 0 Å². The molecule has 35 heavy (non-hydrogen) atoms. The molecule has 2 aromatic heterocycles. The molecule has 9 N–H and O–H groups in total. The molecule has 0 spiro atoms. The molecule has 1 fully saturated rings. The van der Waals surface area contributed by atoms with Crippen molar-refractivity contribution in [2.45, 2.75) is 37.8 Å². The van der Waals surface area contributed by atoms with Crippen LogP contribution in [0.1, 0.15) is 36.2 Å². The molecule has 0 aliphatic heterocycles. The van der Waals surface area contributed by atoms with Crippen LogP contribution in [0, 0.1) is 0 Å². The van der Waals surface area contributed by atoms with Gasteiger partial charge in [0.15, 0.2) is 0 Å². The van der Waals surface area contributed by atoms with Crippen molar-refractivity contribution in [2.24, 2.45) is 0 Å². The van der Waals surface area contributed by atoms with Crippen molar-refractivity contribution < 1.29 is 34.1 Å². The van der Waals surface area contributed by atoms with Crippen LogP contribution in [0.25, 0.3) is 0 Å². The van der Waals surface area contributed by atoms with Crippen molar-refractivity contribution >= 4 is 41.3 Å². The maximum absolute atomic E-state index is 12.5. The topological polar surface area (TPSA) is 254 Å². The first-order chi connectivity index (χ1) is 16.5. The van der Waals surface area contributed by atoms with Crippen LogP contribution in [-0.4, -0.2) is 60.9 Å². The second-order valence-electron chi connectivity index (χ2n) is 7.44. The number of pyridine rings is 1. The number of hydrogen-bond acceptors (Lipinski definition) is 10. The van der Waals surface area contributed by atoms with Crippen LogP contribution in [0.5, 0.6) is 5.88 Å². The second kappa shape index (κ2) is 10.4. The number of urea groups is 1. The van der Waals surface area contributed by atoms with Gasteiger partial charge in [0.05, 0.1) is 0 Å². The highest BCUT2D eigenvalue weighted by Gasteiger charge is 2.27. The Labute approximate surface area is 196 Å². The molecule has 2 heterocycles. The van der Waals surface area contributed by atoms with Crippen LogP contribution in [-0.2, 0) is 9.59 Å². The van der Waals surface area contributed by atoms with Gasteiger partial charge in [0.2, 0.25) is 11.8 Å². The normalized spacial score (nSPS) is 13.4. The number of nitrogens with two attached hydrogens (primary N) is 2. The number of anilines is 3. The third-order valence-electron chi connectivity index (χ3n) is 4.57. The molecule has 1 aliphatic rings. The van der Waals surface area contributed by atoms with Crippen molar-refractivity contribution in [3.63, 3.8) is 0 Å². The Balaban J connectivity index is 1.76. The number of carbonyl (C=O) groups is 4. The summed E-state index contributed by atoms with van der Waals surface area (Å²) in [6, 6.07) is 1.08. The Bertz CT molecular complexity index is 1230. The number of nitrogens with zero attached hydrogens (tertiary/aromatic N) is 3. The predicted molar refractivity (Wildman–Crippen MR) is 119 cm³/mol. The summed E-state index contributed by atoms with van der Waals surface area (Å²) in [4.78, 5) is 66.7. The molecule has 0 saturated heterocycles. The van der Waals surface area contributed by atoms with E-state index in [2.05, 4.69) is 26.0 Å². The predicted octanol–water partition coefficient (Wildman–Crippen LogP) is -0.833. The zero-order valence-electron chi connectivity index (χ0n) is 18.1. The molecule has 186 valence electrons. The number of aliphatic carboxylic acids is 2. The summed E-state index contributed by atoms with van der Waals surface area (Å²) in [5, 5.41) is 22.6. The smallest absolute Gasteiger partial charge is 0.338 e. The number of amides is 3. The Morgan fingerprint density at radius 3 is 2.49 bits per heavy atom. The fourth-order valence-corrected chi connectivity index (χ4v) is 2.74. The van der Waals surface area contributed by atoms with Gasteiger partial charge in [0.1, 0.15) is 29.3 Å². The minimum Gasteiger partial charge on any atom is -0.481 e. The third kappa shape index (κ3) is 6.80. The van der Waals surface area contributed by atoms with E-state index in [9.17, 15) is 29.1 Å². The van der Waals surface area contributed by atoms with Crippen LogP contribution < -0.4 is 37.8 Å². The molecule has 1 saturated carbocycles. The van der Waals surface area contributed by atoms with Gasteiger partial charge in [-0.25, -0.2) is 20.0 Å². The summed E-state index contributed by atoms with van der Waals surface area (Å²) in [7, 11) is 0. The number of rotatable bonds is 10. The van der Waals surface area contributed by atoms with E-state index in [1.807, 2.05) is 0 Å². The second-order valence-corrected chi connectivity index (χ2v) is 7.44. The molecule has 0 bridgehead atoms. The van der Waals surface area contributed by atoms with Crippen molar-refractivity contribution in [1.82, 2.24) is 20.0 Å². The molecular weight excluding hydrogens is 468 g/mol. The lowest BCUT2D eigenvalue weighted by Gasteiger charge is -2.16. The first-order valence-corrected chi connectivity index (χ1v) is 10.2. The molecule has 16 heteroatoms. The fraction of sp³-hybridized carbons (Fsp3) is 0.316. The van der Waals surface area contributed by atoms with Gasteiger partial charge in [-0.1, -0.05) is 0 Å². The number of ether oxygens (including phenoxy) is 1. The average Bonchev–Trinajstić information content (AvgIpc) is 3.58. The van der Waals surface area contributed by atoms with Gasteiger partial charge in [0.25, 0.3) is 11.5 Å². The summed E-state index contributed by atoms with van der Waals surface area (Å²) in [6.07, 6.45) is 0.470. The first-order valence-electron chi connectivity index (χ1n) is 10.2. The standard InChI is InChI=1S/C19H22N8O8/c20-12-7-13(28)27(18(21)25-12)26-19(34)24-10-4-3-9(23-16(10)35-8-1-2-8)15(31)22-11(17(32)33)5-6-14(29)30/h3-4,7-8,11H,1-2,5-6,20H2,(H2,21,25)(H,22,31)(H,29,30)(H,32,33)(H2,24,26,34)/t11-/m0/s1. The molecule has 2 aromatic rings. The molecule has 0 aromatic carbocycles. The average molecular weight is 490 g/mol. The molecule has 3 amide bonds. The fourth-order valence-electron chi connectivity index (χ4n) is 2.74. The largest absolute Gasteiger partial charge is 0.481 e. The van der Waals surface area contributed by atoms with E-state index in [1.165, 1.54) is 12.1 Å². The Hall–Kier alpha value is -4.89.